The minimum absolute atomic E-state index is 0.104. The lowest BCUT2D eigenvalue weighted by Gasteiger charge is -2.08. The van der Waals surface area contributed by atoms with Crippen molar-refractivity contribution in [3.8, 4) is 0 Å². The topological polar surface area (TPSA) is 0 Å². The summed E-state index contributed by atoms with van der Waals surface area (Å²) >= 11 is 6.28. The van der Waals surface area contributed by atoms with E-state index < -0.39 is 0 Å². The molecular weight excluding hydrogens is 456 g/mol. The van der Waals surface area contributed by atoms with Crippen molar-refractivity contribution < 1.29 is 0 Å². The van der Waals surface area contributed by atoms with Crippen molar-refractivity contribution in [3.63, 3.8) is 0 Å². The van der Waals surface area contributed by atoms with Crippen LogP contribution in [-0.4, -0.2) is 5.38 Å². The van der Waals surface area contributed by atoms with E-state index >= 15 is 0 Å². The van der Waals surface area contributed by atoms with Crippen LogP contribution in [0.3, 0.4) is 0 Å². The molecule has 0 bridgehead atoms. The lowest BCUT2D eigenvalue weighted by atomic mass is 10.0. The molecule has 0 aliphatic carbocycles. The van der Waals surface area contributed by atoms with Crippen molar-refractivity contribution in [1.29, 1.82) is 0 Å². The van der Waals surface area contributed by atoms with E-state index in [4.69, 9.17) is 11.6 Å². The molecule has 0 spiro atoms. The summed E-state index contributed by atoms with van der Waals surface area (Å²) in [5.74, 6) is 0.854. The molecule has 0 N–H and O–H groups in total. The molecule has 0 radical (unpaired) electrons. The van der Waals surface area contributed by atoms with Gasteiger partial charge in [0.2, 0.25) is 0 Å². The van der Waals surface area contributed by atoms with E-state index in [1.54, 1.807) is 5.57 Å². The summed E-state index contributed by atoms with van der Waals surface area (Å²) in [4.78, 5) is 0. The third-order valence-electron chi connectivity index (χ3n) is 7.30. The van der Waals surface area contributed by atoms with Crippen LogP contribution in [0.15, 0.2) is 70.4 Å². The molecule has 2 atom stereocenters. The molecule has 0 aromatic carbocycles. The van der Waals surface area contributed by atoms with Crippen LogP contribution in [0.2, 0.25) is 0 Å². The first kappa shape index (κ1) is 34.7. The Kier molecular flexibility index (Phi) is 21.0. The zero-order valence-electron chi connectivity index (χ0n) is 25.3. The molecule has 36 heavy (non-hydrogen) atoms. The predicted molar refractivity (Wildman–Crippen MR) is 168 cm³/mol. The monoisotopic (exact) mass is 514 g/mol. The van der Waals surface area contributed by atoms with Crippen molar-refractivity contribution in [2.24, 2.45) is 5.92 Å². The van der Waals surface area contributed by atoms with Gasteiger partial charge in [-0.05, 0) is 125 Å². The SMILES string of the molecule is C=C(C)C(Cl)CCC(C)=CCCC(C)=CCCC(C)=CCCC(C)=CCCC(C)=CCCC(C)CC. The Labute approximate surface area is 231 Å². The van der Waals surface area contributed by atoms with Gasteiger partial charge < -0.3 is 0 Å². The van der Waals surface area contributed by atoms with Crippen LogP contribution in [0.25, 0.3) is 0 Å². The first-order valence-electron chi connectivity index (χ1n) is 14.6. The Morgan fingerprint density at radius 2 is 0.917 bits per heavy atom. The number of hydrogen-bond acceptors (Lipinski definition) is 0. The van der Waals surface area contributed by atoms with Crippen LogP contribution in [0.1, 0.15) is 139 Å². The quantitative estimate of drug-likeness (QED) is 0.112. The lowest BCUT2D eigenvalue weighted by Crippen LogP contribution is -1.99. The molecule has 206 valence electrons. The predicted octanol–water partition coefficient (Wildman–Crippen LogP) is 12.6. The molecule has 1 heteroatoms. The van der Waals surface area contributed by atoms with Gasteiger partial charge in [-0.2, -0.15) is 0 Å². The zero-order valence-corrected chi connectivity index (χ0v) is 26.1. The largest absolute Gasteiger partial charge is 0.118 e. The average molecular weight is 515 g/mol. The van der Waals surface area contributed by atoms with E-state index in [2.05, 4.69) is 85.4 Å². The molecule has 0 aromatic heterocycles. The van der Waals surface area contributed by atoms with Gasteiger partial charge in [0.1, 0.15) is 0 Å². The van der Waals surface area contributed by atoms with Crippen molar-refractivity contribution in [3.05, 3.63) is 70.4 Å². The minimum atomic E-state index is 0.104. The molecule has 0 fully saturated rings. The summed E-state index contributed by atoms with van der Waals surface area (Å²) in [6.07, 6.45) is 27.4. The lowest BCUT2D eigenvalue weighted by molar-refractivity contribution is 0.521. The maximum absolute atomic E-state index is 6.28. The van der Waals surface area contributed by atoms with E-state index in [0.717, 1.165) is 43.6 Å². The molecule has 0 saturated heterocycles. The van der Waals surface area contributed by atoms with Gasteiger partial charge in [0.15, 0.2) is 0 Å². The number of rotatable bonds is 20. The summed E-state index contributed by atoms with van der Waals surface area (Å²) < 4.78 is 0. The Morgan fingerprint density at radius 3 is 1.25 bits per heavy atom. The number of hydrogen-bond donors (Lipinski definition) is 0. The van der Waals surface area contributed by atoms with Gasteiger partial charge in [-0.25, -0.2) is 0 Å². The van der Waals surface area contributed by atoms with Gasteiger partial charge in [0, 0.05) is 0 Å². The van der Waals surface area contributed by atoms with Crippen LogP contribution < -0.4 is 0 Å². The van der Waals surface area contributed by atoms with Gasteiger partial charge in [-0.3, -0.25) is 0 Å². The summed E-state index contributed by atoms with van der Waals surface area (Å²) in [5.41, 5.74) is 8.63. The Hall–Kier alpha value is -1.27. The third kappa shape index (κ3) is 20.9. The smallest absolute Gasteiger partial charge is 0.0543 e. The molecule has 0 aliphatic rings. The molecule has 0 heterocycles. The van der Waals surface area contributed by atoms with Crippen LogP contribution in [0.5, 0.6) is 0 Å². The van der Waals surface area contributed by atoms with Crippen LogP contribution >= 0.6 is 11.6 Å². The number of allylic oxidation sites excluding steroid dienone is 11. The summed E-state index contributed by atoms with van der Waals surface area (Å²) in [5, 5.41) is 0.104. The van der Waals surface area contributed by atoms with E-state index in [-0.39, 0.29) is 5.38 Å². The fourth-order valence-electron chi connectivity index (χ4n) is 4.11. The van der Waals surface area contributed by atoms with Crippen LogP contribution in [0.4, 0.5) is 0 Å². The zero-order chi connectivity index (χ0) is 27.3. The van der Waals surface area contributed by atoms with E-state index in [0.29, 0.717) is 0 Å². The van der Waals surface area contributed by atoms with Crippen molar-refractivity contribution >= 4 is 11.6 Å². The molecule has 0 nitrogen and oxygen atoms in total. The Balaban J connectivity index is 4.14. The van der Waals surface area contributed by atoms with Gasteiger partial charge in [-0.1, -0.05) is 90.7 Å². The second-order valence-electron chi connectivity index (χ2n) is 11.4. The highest BCUT2D eigenvalue weighted by molar-refractivity contribution is 6.22. The first-order valence-corrected chi connectivity index (χ1v) is 15.1. The summed E-state index contributed by atoms with van der Waals surface area (Å²) in [6.45, 7) is 22.0. The standard InChI is InChI=1S/C35H59Cl/c1-10-29(4)16-11-17-30(5)18-12-19-31(6)20-13-21-32(7)22-14-23-33(8)24-15-25-34(9)26-27-35(36)28(2)3/h17,19,21,23,25,29,35H,2,10-16,18,20,22,24,26-27H2,1,3-9H3. The summed E-state index contributed by atoms with van der Waals surface area (Å²) in [6, 6.07) is 0. The molecular formula is C35H59Cl. The van der Waals surface area contributed by atoms with E-state index in [9.17, 15) is 0 Å². The van der Waals surface area contributed by atoms with Gasteiger partial charge in [0.05, 0.1) is 5.38 Å². The van der Waals surface area contributed by atoms with Crippen molar-refractivity contribution in [2.75, 3.05) is 0 Å². The highest BCUT2D eigenvalue weighted by atomic mass is 35.5. The number of halogens is 1. The normalized spacial score (nSPS) is 15.9. The number of alkyl halides is 1. The van der Waals surface area contributed by atoms with Gasteiger partial charge in [-0.15, -0.1) is 11.6 Å². The Bertz CT molecular complexity index is 756. The van der Waals surface area contributed by atoms with Gasteiger partial charge in [0.25, 0.3) is 0 Å². The highest BCUT2D eigenvalue weighted by Crippen LogP contribution is 2.19. The van der Waals surface area contributed by atoms with Gasteiger partial charge >= 0.3 is 0 Å². The Morgan fingerprint density at radius 1 is 0.583 bits per heavy atom. The molecule has 0 saturated carbocycles. The maximum Gasteiger partial charge on any atom is 0.0543 e. The molecule has 0 rings (SSSR count). The van der Waals surface area contributed by atoms with Crippen LogP contribution in [-0.2, 0) is 0 Å². The average Bonchev–Trinajstić information content (AvgIpc) is 2.82. The van der Waals surface area contributed by atoms with Crippen molar-refractivity contribution in [1.82, 2.24) is 0 Å². The van der Waals surface area contributed by atoms with Crippen molar-refractivity contribution in [2.45, 2.75) is 144 Å². The maximum atomic E-state index is 6.28. The minimum Gasteiger partial charge on any atom is -0.118 e. The van der Waals surface area contributed by atoms with Crippen LogP contribution in [0, 0.1) is 5.92 Å². The third-order valence-corrected chi connectivity index (χ3v) is 7.89. The second kappa shape index (κ2) is 21.8. The molecule has 0 amide bonds. The molecule has 0 aromatic rings. The second-order valence-corrected chi connectivity index (χ2v) is 11.9. The summed E-state index contributed by atoms with van der Waals surface area (Å²) in [7, 11) is 0. The van der Waals surface area contributed by atoms with E-state index in [1.807, 2.05) is 6.92 Å². The molecule has 2 unspecified atom stereocenters. The first-order chi connectivity index (χ1) is 17.0. The van der Waals surface area contributed by atoms with E-state index in [1.165, 1.54) is 73.7 Å². The fraction of sp³-hybridized carbons (Fsp3) is 0.657. The molecule has 0 aliphatic heterocycles. The fourth-order valence-corrected chi connectivity index (χ4v) is 4.22. The highest BCUT2D eigenvalue weighted by Gasteiger charge is 2.04.